The minimum Gasteiger partial charge on any atom is -0.478 e. The molecular weight excluding hydrogens is 260 g/mol. The smallest absolute Gasteiger partial charge is 0.336 e. The van der Waals surface area contributed by atoms with Crippen LogP contribution in [0.2, 0.25) is 0 Å². The van der Waals surface area contributed by atoms with Crippen LogP contribution in [0.3, 0.4) is 0 Å². The highest BCUT2D eigenvalue weighted by molar-refractivity contribution is 6.04. The molecule has 2 aromatic rings. The maximum Gasteiger partial charge on any atom is 0.336 e. The van der Waals surface area contributed by atoms with Gasteiger partial charge in [0, 0.05) is 19.1 Å². The topological polar surface area (TPSA) is 83.4 Å². The van der Waals surface area contributed by atoms with Crippen LogP contribution in [-0.4, -0.2) is 26.7 Å². The SMILES string of the molecule is CCn1c(C)[n+](CC)c2cc(C(=O)O)c(C(=O)O)cc21. The van der Waals surface area contributed by atoms with Gasteiger partial charge in [-0.25, -0.2) is 18.7 Å². The Morgan fingerprint density at radius 2 is 1.70 bits per heavy atom. The molecule has 1 aromatic heterocycles. The van der Waals surface area contributed by atoms with Crippen molar-refractivity contribution in [3.05, 3.63) is 29.1 Å². The zero-order valence-corrected chi connectivity index (χ0v) is 11.7. The predicted molar refractivity (Wildman–Crippen MR) is 72.1 cm³/mol. The van der Waals surface area contributed by atoms with Crippen LogP contribution in [0.25, 0.3) is 11.0 Å². The summed E-state index contributed by atoms with van der Waals surface area (Å²) in [7, 11) is 0. The lowest BCUT2D eigenvalue weighted by Gasteiger charge is -2.01. The van der Waals surface area contributed by atoms with Crippen LogP contribution in [0.5, 0.6) is 0 Å². The average molecular weight is 277 g/mol. The first-order chi connectivity index (χ1) is 9.42. The third kappa shape index (κ3) is 1.93. The van der Waals surface area contributed by atoms with E-state index in [9.17, 15) is 19.8 Å². The molecule has 0 amide bonds. The van der Waals surface area contributed by atoms with Gasteiger partial charge < -0.3 is 10.2 Å². The summed E-state index contributed by atoms with van der Waals surface area (Å²) >= 11 is 0. The fourth-order valence-corrected chi connectivity index (χ4v) is 2.66. The Morgan fingerprint density at radius 1 is 1.15 bits per heavy atom. The van der Waals surface area contributed by atoms with E-state index in [0.717, 1.165) is 16.9 Å². The Morgan fingerprint density at radius 3 is 2.15 bits per heavy atom. The Bertz CT molecular complexity index is 657. The largest absolute Gasteiger partial charge is 0.478 e. The van der Waals surface area contributed by atoms with Crippen molar-refractivity contribution < 1.29 is 24.4 Å². The lowest BCUT2D eigenvalue weighted by Crippen LogP contribution is -2.35. The summed E-state index contributed by atoms with van der Waals surface area (Å²) in [5.41, 5.74) is 1.13. The Kier molecular flexibility index (Phi) is 3.48. The van der Waals surface area contributed by atoms with Crippen LogP contribution in [-0.2, 0) is 13.1 Å². The number of imidazole rings is 1. The van der Waals surface area contributed by atoms with Gasteiger partial charge in [-0.1, -0.05) is 0 Å². The van der Waals surface area contributed by atoms with E-state index >= 15 is 0 Å². The number of aromatic carboxylic acids is 2. The molecule has 0 fully saturated rings. The molecule has 6 heteroatoms. The van der Waals surface area contributed by atoms with Gasteiger partial charge in [0.1, 0.15) is 0 Å². The molecular formula is C14H17N2O4+. The lowest BCUT2D eigenvalue weighted by atomic mass is 10.1. The zero-order chi connectivity index (χ0) is 15.0. The van der Waals surface area contributed by atoms with Crippen molar-refractivity contribution in [1.82, 2.24) is 4.57 Å². The number of fused-ring (bicyclic) bond motifs is 1. The summed E-state index contributed by atoms with van der Waals surface area (Å²) in [5.74, 6) is -1.48. The summed E-state index contributed by atoms with van der Waals surface area (Å²) in [6, 6.07) is 2.90. The monoisotopic (exact) mass is 277 g/mol. The highest BCUT2D eigenvalue weighted by Gasteiger charge is 2.25. The minimum absolute atomic E-state index is 0.180. The molecule has 20 heavy (non-hydrogen) atoms. The van der Waals surface area contributed by atoms with Crippen molar-refractivity contribution in [1.29, 1.82) is 0 Å². The third-order valence-electron chi connectivity index (χ3n) is 3.57. The summed E-state index contributed by atoms with van der Waals surface area (Å²) in [5, 5.41) is 18.4. The van der Waals surface area contributed by atoms with Gasteiger partial charge in [0.25, 0.3) is 5.82 Å². The van der Waals surface area contributed by atoms with Gasteiger partial charge in [-0.05, 0) is 13.8 Å². The van der Waals surface area contributed by atoms with Crippen LogP contribution in [0.15, 0.2) is 12.1 Å². The van der Waals surface area contributed by atoms with E-state index < -0.39 is 11.9 Å². The van der Waals surface area contributed by atoms with Crippen LogP contribution >= 0.6 is 0 Å². The molecule has 0 aliphatic heterocycles. The predicted octanol–water partition coefficient (Wildman–Crippen LogP) is 1.67. The molecule has 0 radical (unpaired) electrons. The van der Waals surface area contributed by atoms with Crippen LogP contribution in [0, 0.1) is 6.92 Å². The lowest BCUT2D eigenvalue weighted by molar-refractivity contribution is -0.674. The standard InChI is InChI=1S/C14H16N2O4/c1-4-15-8(3)16(5-2)12-7-10(14(19)20)9(13(17)18)6-11(12)15/h6-7H,4-5H2,1-3H3,(H-,17,18,19,20)/p+1. The molecule has 6 nitrogen and oxygen atoms in total. The number of rotatable bonds is 4. The number of hydrogen-bond acceptors (Lipinski definition) is 2. The maximum absolute atomic E-state index is 11.3. The van der Waals surface area contributed by atoms with E-state index in [2.05, 4.69) is 0 Å². The highest BCUT2D eigenvalue weighted by Crippen LogP contribution is 2.21. The second-order valence-electron chi connectivity index (χ2n) is 4.53. The van der Waals surface area contributed by atoms with Gasteiger partial charge in [-0.3, -0.25) is 0 Å². The summed E-state index contributed by atoms with van der Waals surface area (Å²) in [4.78, 5) is 22.5. The Labute approximate surface area is 115 Å². The molecule has 0 aliphatic rings. The first kappa shape index (κ1) is 14.0. The molecule has 0 spiro atoms. The van der Waals surface area contributed by atoms with Gasteiger partial charge in [-0.15, -0.1) is 0 Å². The molecule has 0 unspecified atom stereocenters. The first-order valence-electron chi connectivity index (χ1n) is 6.45. The molecule has 0 aliphatic carbocycles. The van der Waals surface area contributed by atoms with Crippen LogP contribution < -0.4 is 4.57 Å². The molecule has 2 rings (SSSR count). The number of aromatic nitrogens is 2. The van der Waals surface area contributed by atoms with Crippen molar-refractivity contribution in [3.8, 4) is 0 Å². The maximum atomic E-state index is 11.3. The Balaban J connectivity index is 2.94. The summed E-state index contributed by atoms with van der Waals surface area (Å²) < 4.78 is 3.97. The molecule has 1 heterocycles. The average Bonchev–Trinajstić information content (AvgIpc) is 2.67. The van der Waals surface area contributed by atoms with Gasteiger partial charge in [-0.2, -0.15) is 0 Å². The van der Waals surface area contributed by atoms with Gasteiger partial charge in [0.05, 0.1) is 24.2 Å². The summed E-state index contributed by atoms with van der Waals surface area (Å²) in [6.07, 6.45) is 0. The molecule has 2 N–H and O–H groups in total. The van der Waals surface area contributed by atoms with Crippen molar-refractivity contribution in [2.75, 3.05) is 0 Å². The van der Waals surface area contributed by atoms with E-state index in [1.807, 2.05) is 29.9 Å². The number of carboxylic acid groups (broad SMARTS) is 2. The first-order valence-corrected chi connectivity index (χ1v) is 6.45. The minimum atomic E-state index is -1.23. The number of carboxylic acids is 2. The number of hydrogen-bond donors (Lipinski definition) is 2. The van der Waals surface area contributed by atoms with Crippen LogP contribution in [0.4, 0.5) is 0 Å². The molecule has 0 saturated carbocycles. The molecule has 106 valence electrons. The normalized spacial score (nSPS) is 10.9. The van der Waals surface area contributed by atoms with E-state index in [0.29, 0.717) is 13.1 Å². The number of carbonyl (C=O) groups is 2. The van der Waals surface area contributed by atoms with E-state index in [4.69, 9.17) is 0 Å². The fraction of sp³-hybridized carbons (Fsp3) is 0.357. The molecule has 0 atom stereocenters. The van der Waals surface area contributed by atoms with Crippen molar-refractivity contribution >= 4 is 23.0 Å². The zero-order valence-electron chi connectivity index (χ0n) is 11.7. The summed E-state index contributed by atoms with van der Waals surface area (Å²) in [6.45, 7) is 7.27. The number of aryl methyl sites for hydroxylation is 2. The van der Waals surface area contributed by atoms with Gasteiger partial charge >= 0.3 is 11.9 Å². The quantitative estimate of drug-likeness (QED) is 0.833. The van der Waals surface area contributed by atoms with Crippen molar-refractivity contribution in [3.63, 3.8) is 0 Å². The third-order valence-corrected chi connectivity index (χ3v) is 3.57. The van der Waals surface area contributed by atoms with Crippen molar-refractivity contribution in [2.45, 2.75) is 33.9 Å². The second kappa shape index (κ2) is 4.96. The second-order valence-corrected chi connectivity index (χ2v) is 4.53. The van der Waals surface area contributed by atoms with E-state index in [-0.39, 0.29) is 11.1 Å². The van der Waals surface area contributed by atoms with E-state index in [1.54, 1.807) is 0 Å². The number of benzene rings is 1. The van der Waals surface area contributed by atoms with Crippen LogP contribution in [0.1, 0.15) is 40.4 Å². The van der Waals surface area contributed by atoms with Gasteiger partial charge in [0.2, 0.25) is 0 Å². The van der Waals surface area contributed by atoms with Crippen molar-refractivity contribution in [2.24, 2.45) is 0 Å². The Hall–Kier alpha value is -2.37. The molecule has 1 aromatic carbocycles. The molecule has 0 bridgehead atoms. The van der Waals surface area contributed by atoms with Gasteiger partial charge in [0.15, 0.2) is 11.0 Å². The van der Waals surface area contributed by atoms with E-state index in [1.165, 1.54) is 12.1 Å². The highest BCUT2D eigenvalue weighted by atomic mass is 16.4. The number of nitrogens with zero attached hydrogens (tertiary/aromatic N) is 2. The molecule has 0 saturated heterocycles. The fourth-order valence-electron chi connectivity index (χ4n) is 2.66.